The van der Waals surface area contributed by atoms with Crippen molar-refractivity contribution in [2.75, 3.05) is 4.72 Å². The normalized spacial score (nSPS) is 20.3. The van der Waals surface area contributed by atoms with Crippen molar-refractivity contribution >= 4 is 33.4 Å². The minimum Gasteiger partial charge on any atom is -0.511 e. The van der Waals surface area contributed by atoms with Gasteiger partial charge in [0.15, 0.2) is 5.03 Å². The Hall–Kier alpha value is -2.73. The average Bonchev–Trinajstić information content (AvgIpc) is 3.66. The molecule has 240 valence electrons. The van der Waals surface area contributed by atoms with E-state index in [9.17, 15) is 31.5 Å². The smallest absolute Gasteiger partial charge is 0.417 e. The van der Waals surface area contributed by atoms with Gasteiger partial charge in [-0.05, 0) is 85.3 Å². The van der Waals surface area contributed by atoms with Crippen LogP contribution in [-0.2, 0) is 31.1 Å². The monoisotopic (exact) mass is 652 g/mol. The Kier molecular flexibility index (Phi) is 8.82. The number of ether oxygens (including phenoxy) is 1. The van der Waals surface area contributed by atoms with E-state index in [1.807, 2.05) is 20.8 Å². The number of hydrogen-bond acceptors (Lipinski definition) is 7. The van der Waals surface area contributed by atoms with Gasteiger partial charge in [0.1, 0.15) is 16.3 Å². The van der Waals surface area contributed by atoms with Crippen LogP contribution < -0.4 is 4.72 Å². The molecule has 12 heteroatoms. The van der Waals surface area contributed by atoms with Crippen molar-refractivity contribution in [3.63, 3.8) is 0 Å². The third-order valence-electron chi connectivity index (χ3n) is 9.20. The number of nitrogens with zero attached hydrogens (tertiary/aromatic N) is 1. The number of esters is 1. The van der Waals surface area contributed by atoms with E-state index in [0.717, 1.165) is 69.2 Å². The number of thioether (sulfide) groups is 1. The first kappa shape index (κ1) is 32.7. The highest BCUT2D eigenvalue weighted by molar-refractivity contribution is 8.04. The summed E-state index contributed by atoms with van der Waals surface area (Å²) in [4.78, 5) is 18.0. The molecule has 2 heterocycles. The van der Waals surface area contributed by atoms with Crippen molar-refractivity contribution in [2.45, 2.75) is 113 Å². The van der Waals surface area contributed by atoms with Crippen molar-refractivity contribution in [3.05, 3.63) is 57.8 Å². The molecule has 0 amide bonds. The number of pyridine rings is 1. The number of rotatable bonds is 7. The van der Waals surface area contributed by atoms with Crippen LogP contribution in [0.2, 0.25) is 0 Å². The van der Waals surface area contributed by atoms with Gasteiger partial charge < -0.3 is 9.84 Å². The fourth-order valence-electron chi connectivity index (χ4n) is 6.91. The molecular formula is C32H39F3N2O5S2. The molecule has 0 saturated heterocycles. The number of sulfonamides is 1. The molecule has 2 N–H and O–H groups in total. The maximum absolute atomic E-state index is 13.7. The number of hydrogen-bond donors (Lipinski definition) is 2. The van der Waals surface area contributed by atoms with Crippen LogP contribution in [0.1, 0.15) is 95.2 Å². The molecule has 2 saturated carbocycles. The molecule has 1 aromatic carbocycles. The van der Waals surface area contributed by atoms with Crippen molar-refractivity contribution in [2.24, 2.45) is 11.8 Å². The van der Waals surface area contributed by atoms with Crippen LogP contribution in [-0.4, -0.2) is 30.1 Å². The van der Waals surface area contributed by atoms with Crippen LogP contribution in [0.5, 0.6) is 0 Å². The minimum absolute atomic E-state index is 0.0423. The van der Waals surface area contributed by atoms with Gasteiger partial charge in [-0.15, -0.1) is 0 Å². The van der Waals surface area contributed by atoms with Gasteiger partial charge in [-0.1, -0.05) is 58.2 Å². The first-order valence-corrected chi connectivity index (χ1v) is 17.4. The SMILES string of the molecule is Cc1cc(SC2=C(O)CC(C3CCCC3)(C3CCCC3)OC2=O)c(C(C)(C)C)cc1NS(=O)(=O)c1ccc(C(F)(F)F)cn1. The number of aliphatic hydroxyl groups is 1. The van der Waals surface area contributed by atoms with Gasteiger partial charge in [0.2, 0.25) is 0 Å². The second kappa shape index (κ2) is 11.9. The molecule has 3 aliphatic rings. The van der Waals surface area contributed by atoms with Crippen molar-refractivity contribution in [1.29, 1.82) is 0 Å². The number of alkyl halides is 3. The number of halogens is 3. The molecule has 1 aliphatic heterocycles. The van der Waals surface area contributed by atoms with E-state index in [-0.39, 0.29) is 28.2 Å². The number of aliphatic hydroxyl groups excluding tert-OH is 1. The highest BCUT2D eigenvalue weighted by Crippen LogP contribution is 2.53. The molecule has 2 aliphatic carbocycles. The Balaban J connectivity index is 1.45. The van der Waals surface area contributed by atoms with Crippen molar-refractivity contribution < 1.29 is 36.2 Å². The van der Waals surface area contributed by atoms with Crippen molar-refractivity contribution in [3.8, 4) is 0 Å². The zero-order valence-electron chi connectivity index (χ0n) is 25.4. The first-order valence-electron chi connectivity index (χ1n) is 15.1. The van der Waals surface area contributed by atoms with Gasteiger partial charge >= 0.3 is 12.1 Å². The lowest BCUT2D eigenvalue weighted by Crippen LogP contribution is -2.50. The van der Waals surface area contributed by atoms with Gasteiger partial charge in [-0.25, -0.2) is 9.78 Å². The molecule has 0 spiro atoms. The van der Waals surface area contributed by atoms with E-state index in [2.05, 4.69) is 9.71 Å². The summed E-state index contributed by atoms with van der Waals surface area (Å²) in [5.41, 5.74) is -0.766. The molecule has 2 aromatic rings. The van der Waals surface area contributed by atoms with Crippen LogP contribution in [0.15, 0.2) is 51.0 Å². The maximum Gasteiger partial charge on any atom is 0.417 e. The number of benzene rings is 1. The lowest BCUT2D eigenvalue weighted by atomic mass is 9.71. The molecular weight excluding hydrogens is 613 g/mol. The zero-order valence-corrected chi connectivity index (χ0v) is 27.0. The van der Waals surface area contributed by atoms with E-state index in [4.69, 9.17) is 4.74 Å². The van der Waals surface area contributed by atoms with Crippen LogP contribution in [0.3, 0.4) is 0 Å². The molecule has 0 radical (unpaired) electrons. The number of nitrogens with one attached hydrogen (secondary N) is 1. The van der Waals surface area contributed by atoms with Crippen LogP contribution in [0.4, 0.5) is 18.9 Å². The second-order valence-corrected chi connectivity index (χ2v) is 15.9. The number of carbonyl (C=O) groups excluding carboxylic acids is 1. The summed E-state index contributed by atoms with van der Waals surface area (Å²) in [6.07, 6.45) is 4.51. The molecule has 0 atom stereocenters. The third-order valence-corrected chi connectivity index (χ3v) is 11.6. The summed E-state index contributed by atoms with van der Waals surface area (Å²) < 4.78 is 73.8. The highest BCUT2D eigenvalue weighted by atomic mass is 32.2. The highest BCUT2D eigenvalue weighted by Gasteiger charge is 2.53. The third kappa shape index (κ3) is 6.47. The van der Waals surface area contributed by atoms with E-state index in [0.29, 0.717) is 34.7 Å². The summed E-state index contributed by atoms with van der Waals surface area (Å²) in [5.74, 6) is -0.00174. The predicted molar refractivity (Wildman–Crippen MR) is 163 cm³/mol. The van der Waals surface area contributed by atoms with E-state index < -0.39 is 43.8 Å². The average molecular weight is 653 g/mol. The largest absolute Gasteiger partial charge is 0.511 e. The van der Waals surface area contributed by atoms with Crippen LogP contribution in [0.25, 0.3) is 0 Å². The summed E-state index contributed by atoms with van der Waals surface area (Å²) in [6, 6.07) is 4.89. The van der Waals surface area contributed by atoms with Crippen LogP contribution >= 0.6 is 11.8 Å². The fourth-order valence-corrected chi connectivity index (χ4v) is 9.21. The van der Waals surface area contributed by atoms with Gasteiger partial charge in [0.05, 0.1) is 11.3 Å². The summed E-state index contributed by atoms with van der Waals surface area (Å²) >= 11 is 1.12. The Bertz CT molecular complexity index is 1540. The molecule has 0 bridgehead atoms. The lowest BCUT2D eigenvalue weighted by Gasteiger charge is -2.45. The van der Waals surface area contributed by atoms with E-state index in [1.54, 1.807) is 19.1 Å². The molecule has 0 unspecified atom stereocenters. The summed E-state index contributed by atoms with van der Waals surface area (Å²) in [6.45, 7) is 7.51. The Morgan fingerprint density at radius 1 is 1.02 bits per heavy atom. The first-order chi connectivity index (χ1) is 20.5. The topological polar surface area (TPSA) is 106 Å². The fraction of sp³-hybridized carbons (Fsp3) is 0.562. The Labute approximate surface area is 261 Å². The zero-order chi connectivity index (χ0) is 32.1. The lowest BCUT2D eigenvalue weighted by molar-refractivity contribution is -0.175. The van der Waals surface area contributed by atoms with Crippen molar-refractivity contribution in [1.82, 2.24) is 4.98 Å². The standard InChI is InChI=1S/C32H39F3N2O5S2/c1-19-15-26(43-28-25(38)17-31(42-29(28)39,20-9-5-6-10-20)21-11-7-8-12-21)23(30(2,3)4)16-24(19)37-44(40,41)27-14-13-22(18-36-27)32(33,34)35/h13-16,18,20-21,37-38H,5-12,17H2,1-4H3. The second-order valence-electron chi connectivity index (χ2n) is 13.3. The minimum atomic E-state index is -4.64. The summed E-state index contributed by atoms with van der Waals surface area (Å²) in [5, 5.41) is 10.9. The number of aryl methyl sites for hydroxylation is 1. The van der Waals surface area contributed by atoms with E-state index >= 15 is 0 Å². The van der Waals surface area contributed by atoms with Gasteiger partial charge in [-0.3, -0.25) is 4.72 Å². The molecule has 44 heavy (non-hydrogen) atoms. The Morgan fingerprint density at radius 2 is 1.61 bits per heavy atom. The number of cyclic esters (lactones) is 1. The molecule has 1 aromatic heterocycles. The molecule has 7 nitrogen and oxygen atoms in total. The number of anilines is 1. The predicted octanol–water partition coefficient (Wildman–Crippen LogP) is 8.43. The molecule has 2 fully saturated rings. The van der Waals surface area contributed by atoms with Gasteiger partial charge in [0.25, 0.3) is 10.0 Å². The van der Waals surface area contributed by atoms with Crippen LogP contribution in [0, 0.1) is 18.8 Å². The number of carbonyl (C=O) groups is 1. The van der Waals surface area contributed by atoms with Gasteiger partial charge in [0, 0.05) is 17.5 Å². The summed E-state index contributed by atoms with van der Waals surface area (Å²) in [7, 11) is -4.31. The quantitative estimate of drug-likeness (QED) is 0.289. The van der Waals surface area contributed by atoms with E-state index in [1.165, 1.54) is 0 Å². The van der Waals surface area contributed by atoms with Gasteiger partial charge in [-0.2, -0.15) is 21.6 Å². The molecule has 5 rings (SSSR count). The Morgan fingerprint density at radius 3 is 2.09 bits per heavy atom. The maximum atomic E-state index is 13.7. The number of aromatic nitrogens is 1.